The van der Waals surface area contributed by atoms with Crippen molar-refractivity contribution in [2.24, 2.45) is 7.05 Å². The molecule has 2 heterocycles. The van der Waals surface area contributed by atoms with E-state index < -0.39 is 0 Å². The van der Waals surface area contributed by atoms with Crippen molar-refractivity contribution in [3.8, 4) is 0 Å². The summed E-state index contributed by atoms with van der Waals surface area (Å²) in [5.74, 6) is 0. The van der Waals surface area contributed by atoms with Crippen LogP contribution < -0.4 is 5.32 Å². The van der Waals surface area contributed by atoms with Gasteiger partial charge >= 0.3 is 0 Å². The van der Waals surface area contributed by atoms with Crippen LogP contribution in [0.3, 0.4) is 0 Å². The Hall–Kier alpha value is -0.830. The van der Waals surface area contributed by atoms with Gasteiger partial charge in [-0.05, 0) is 25.5 Å². The normalized spacial score (nSPS) is 23.3. The minimum absolute atomic E-state index is 0.524. The van der Waals surface area contributed by atoms with Gasteiger partial charge in [0, 0.05) is 13.2 Å². The lowest BCUT2D eigenvalue weighted by Gasteiger charge is -2.26. The topological polar surface area (TPSA) is 29.9 Å². The molecule has 1 aromatic heterocycles. The lowest BCUT2D eigenvalue weighted by molar-refractivity contribution is 0.371. The summed E-state index contributed by atoms with van der Waals surface area (Å²) in [6.45, 7) is 3.25. The van der Waals surface area contributed by atoms with Gasteiger partial charge in [-0.15, -0.1) is 0 Å². The number of nitrogens with one attached hydrogen (secondary N) is 1. The molecule has 1 N–H and O–H groups in total. The maximum absolute atomic E-state index is 4.39. The summed E-state index contributed by atoms with van der Waals surface area (Å²) in [5.41, 5.74) is 2.52. The number of rotatable bonds is 1. The van der Waals surface area contributed by atoms with Crippen LogP contribution in [0.25, 0.3) is 0 Å². The number of nitrogens with zero attached hydrogens (tertiary/aromatic N) is 2. The molecule has 3 heteroatoms. The predicted molar refractivity (Wildman–Crippen MR) is 43.3 cm³/mol. The van der Waals surface area contributed by atoms with Gasteiger partial charge in [0.05, 0.1) is 11.7 Å². The Kier molecular flexibility index (Phi) is 1.46. The molecule has 1 aromatic rings. The summed E-state index contributed by atoms with van der Waals surface area (Å²) >= 11 is 0. The molecule has 0 bridgehead atoms. The van der Waals surface area contributed by atoms with E-state index in [1.165, 1.54) is 17.7 Å². The lowest BCUT2D eigenvalue weighted by Crippen LogP contribution is -2.35. The zero-order valence-electron chi connectivity index (χ0n) is 6.96. The van der Waals surface area contributed by atoms with E-state index in [9.17, 15) is 0 Å². The van der Waals surface area contributed by atoms with Gasteiger partial charge in [-0.1, -0.05) is 0 Å². The second kappa shape index (κ2) is 2.34. The van der Waals surface area contributed by atoms with Gasteiger partial charge < -0.3 is 5.32 Å². The van der Waals surface area contributed by atoms with Gasteiger partial charge in [0.2, 0.25) is 0 Å². The van der Waals surface area contributed by atoms with E-state index in [1.807, 2.05) is 11.7 Å². The highest BCUT2D eigenvalue weighted by atomic mass is 15.3. The van der Waals surface area contributed by atoms with Crippen LogP contribution in [0.15, 0.2) is 6.20 Å². The Morgan fingerprint density at radius 3 is 2.82 bits per heavy atom. The van der Waals surface area contributed by atoms with E-state index in [0.717, 1.165) is 6.54 Å². The smallest absolute Gasteiger partial charge is 0.0823 e. The van der Waals surface area contributed by atoms with Gasteiger partial charge in [-0.2, -0.15) is 5.10 Å². The Balaban J connectivity index is 2.28. The molecule has 0 amide bonds. The fourth-order valence-electron chi connectivity index (χ4n) is 1.49. The minimum Gasteiger partial charge on any atom is -0.308 e. The van der Waals surface area contributed by atoms with Gasteiger partial charge in [0.15, 0.2) is 0 Å². The van der Waals surface area contributed by atoms with Crippen LogP contribution in [0.2, 0.25) is 0 Å². The molecule has 0 aliphatic carbocycles. The highest BCUT2D eigenvalue weighted by Crippen LogP contribution is 2.23. The lowest BCUT2D eigenvalue weighted by atomic mass is 10.0. The van der Waals surface area contributed by atoms with Crippen molar-refractivity contribution in [1.82, 2.24) is 15.1 Å². The van der Waals surface area contributed by atoms with Gasteiger partial charge in [-0.25, -0.2) is 0 Å². The summed E-state index contributed by atoms with van der Waals surface area (Å²) in [5, 5.41) is 7.73. The van der Waals surface area contributed by atoms with E-state index in [-0.39, 0.29) is 0 Å². The van der Waals surface area contributed by atoms with Crippen molar-refractivity contribution in [3.05, 3.63) is 17.5 Å². The Bertz CT molecular complexity index is 260. The third kappa shape index (κ3) is 1.05. The molecule has 2 rings (SSSR count). The van der Waals surface area contributed by atoms with Crippen LogP contribution in [-0.2, 0) is 7.05 Å². The quantitative estimate of drug-likeness (QED) is 0.642. The Labute approximate surface area is 66.4 Å². The van der Waals surface area contributed by atoms with Crippen LogP contribution in [0.5, 0.6) is 0 Å². The summed E-state index contributed by atoms with van der Waals surface area (Å²) in [7, 11) is 1.97. The third-order valence-corrected chi connectivity index (χ3v) is 2.20. The first-order valence-corrected chi connectivity index (χ1v) is 4.01. The summed E-state index contributed by atoms with van der Waals surface area (Å²) in [4.78, 5) is 0. The SMILES string of the molecule is Cc1cn(C)nc1C1CCN1. The molecular formula is C8H13N3. The molecule has 11 heavy (non-hydrogen) atoms. The molecule has 1 saturated heterocycles. The number of aromatic nitrogens is 2. The van der Waals surface area contributed by atoms with E-state index in [1.54, 1.807) is 0 Å². The highest BCUT2D eigenvalue weighted by Gasteiger charge is 2.22. The fourth-order valence-corrected chi connectivity index (χ4v) is 1.49. The Morgan fingerprint density at radius 2 is 2.45 bits per heavy atom. The first-order valence-electron chi connectivity index (χ1n) is 4.01. The Morgan fingerprint density at radius 1 is 1.73 bits per heavy atom. The van der Waals surface area contributed by atoms with E-state index in [2.05, 4.69) is 23.5 Å². The molecule has 1 atom stereocenters. The van der Waals surface area contributed by atoms with Crippen LogP contribution in [0.4, 0.5) is 0 Å². The van der Waals surface area contributed by atoms with Crippen LogP contribution in [0, 0.1) is 6.92 Å². The summed E-state index contributed by atoms with van der Waals surface area (Å²) in [6, 6.07) is 0.524. The molecule has 0 saturated carbocycles. The molecule has 1 aliphatic rings. The van der Waals surface area contributed by atoms with E-state index >= 15 is 0 Å². The zero-order chi connectivity index (χ0) is 7.84. The number of aryl methyl sites for hydroxylation is 2. The van der Waals surface area contributed by atoms with Crippen molar-refractivity contribution in [3.63, 3.8) is 0 Å². The van der Waals surface area contributed by atoms with Crippen molar-refractivity contribution in [2.45, 2.75) is 19.4 Å². The van der Waals surface area contributed by atoms with Crippen molar-refractivity contribution in [2.75, 3.05) is 6.54 Å². The standard InChI is InChI=1S/C8H13N3/c1-6-5-11(2)10-8(6)7-3-4-9-7/h5,7,9H,3-4H2,1-2H3. The second-order valence-electron chi connectivity index (χ2n) is 3.17. The van der Waals surface area contributed by atoms with E-state index in [0.29, 0.717) is 6.04 Å². The van der Waals surface area contributed by atoms with Crippen molar-refractivity contribution in [1.29, 1.82) is 0 Å². The average molecular weight is 151 g/mol. The maximum Gasteiger partial charge on any atom is 0.0823 e. The van der Waals surface area contributed by atoms with Gasteiger partial charge in [0.1, 0.15) is 0 Å². The maximum atomic E-state index is 4.39. The monoisotopic (exact) mass is 151 g/mol. The largest absolute Gasteiger partial charge is 0.308 e. The van der Waals surface area contributed by atoms with Gasteiger partial charge in [0.25, 0.3) is 0 Å². The van der Waals surface area contributed by atoms with Crippen molar-refractivity contribution >= 4 is 0 Å². The van der Waals surface area contributed by atoms with E-state index in [4.69, 9.17) is 0 Å². The molecule has 1 fully saturated rings. The number of hydrogen-bond donors (Lipinski definition) is 1. The molecule has 3 nitrogen and oxygen atoms in total. The molecule has 1 aliphatic heterocycles. The number of hydrogen-bond acceptors (Lipinski definition) is 2. The molecule has 0 aromatic carbocycles. The molecule has 0 radical (unpaired) electrons. The first kappa shape index (κ1) is 6.85. The molecular weight excluding hydrogens is 138 g/mol. The molecule has 1 unspecified atom stereocenters. The first-order chi connectivity index (χ1) is 5.27. The van der Waals surface area contributed by atoms with Gasteiger partial charge in [-0.3, -0.25) is 4.68 Å². The molecule has 60 valence electrons. The zero-order valence-corrected chi connectivity index (χ0v) is 6.96. The fraction of sp³-hybridized carbons (Fsp3) is 0.625. The highest BCUT2D eigenvalue weighted by molar-refractivity contribution is 5.20. The summed E-state index contributed by atoms with van der Waals surface area (Å²) < 4.78 is 1.88. The summed E-state index contributed by atoms with van der Waals surface area (Å²) in [6.07, 6.45) is 3.30. The molecule has 0 spiro atoms. The van der Waals surface area contributed by atoms with Crippen molar-refractivity contribution < 1.29 is 0 Å². The van der Waals surface area contributed by atoms with Crippen LogP contribution in [0.1, 0.15) is 23.7 Å². The van der Waals surface area contributed by atoms with Crippen LogP contribution in [-0.4, -0.2) is 16.3 Å². The minimum atomic E-state index is 0.524. The average Bonchev–Trinajstić information content (AvgIpc) is 2.07. The predicted octanol–water partition coefficient (Wildman–Crippen LogP) is 0.763. The van der Waals surface area contributed by atoms with Crippen LogP contribution >= 0.6 is 0 Å². The third-order valence-electron chi connectivity index (χ3n) is 2.20. The second-order valence-corrected chi connectivity index (χ2v) is 3.17.